The summed E-state index contributed by atoms with van der Waals surface area (Å²) in [6, 6.07) is -1.79. The molecule has 16 nitrogen and oxygen atoms in total. The summed E-state index contributed by atoms with van der Waals surface area (Å²) >= 11 is 0. The molecule has 2 saturated heterocycles. The number of aliphatic hydroxyl groups excluding tert-OH is 6. The van der Waals surface area contributed by atoms with Crippen molar-refractivity contribution < 1.29 is 69.1 Å². The van der Waals surface area contributed by atoms with Crippen molar-refractivity contribution in [2.45, 2.75) is 126 Å². The van der Waals surface area contributed by atoms with Gasteiger partial charge in [-0.05, 0) is 13.0 Å². The smallest absolute Gasteiger partial charge is 0.364 e. The number of carbonyl (C=O) groups excluding carboxylic acids is 2. The maximum atomic E-state index is 12.7. The van der Waals surface area contributed by atoms with Crippen molar-refractivity contribution in [2.75, 3.05) is 13.2 Å². The van der Waals surface area contributed by atoms with Crippen molar-refractivity contribution in [1.29, 1.82) is 0 Å². The first-order chi connectivity index (χ1) is 19.3. The third-order valence-corrected chi connectivity index (χ3v) is 8.89. The maximum Gasteiger partial charge on any atom is 0.364 e. The van der Waals surface area contributed by atoms with E-state index in [9.17, 15) is 50.1 Å². The van der Waals surface area contributed by atoms with E-state index in [0.717, 1.165) is 13.8 Å². The van der Waals surface area contributed by atoms with Crippen LogP contribution >= 0.6 is 0 Å². The second-order valence-corrected chi connectivity index (χ2v) is 17.7. The summed E-state index contributed by atoms with van der Waals surface area (Å²) < 4.78 is 22.9. The zero-order valence-electron chi connectivity index (χ0n) is 24.7. The number of hydrogen-bond acceptors (Lipinski definition) is 13. The number of ether oxygens (including phenoxy) is 4. The predicted octanol–water partition coefficient (Wildman–Crippen LogP) is -3.15. The van der Waals surface area contributed by atoms with E-state index in [0.29, 0.717) is 6.04 Å². The van der Waals surface area contributed by atoms with Crippen molar-refractivity contribution in [3.63, 3.8) is 0 Å². The lowest BCUT2D eigenvalue weighted by Crippen LogP contribution is -2.71. The monoisotopic (exact) mass is 626 g/mol. The molecule has 2 amide bonds. The molecule has 0 aromatic carbocycles. The van der Waals surface area contributed by atoms with E-state index in [-0.39, 0.29) is 6.61 Å². The summed E-state index contributed by atoms with van der Waals surface area (Å²) in [6.07, 6.45) is -15.5. The quantitative estimate of drug-likeness (QED) is 0.0916. The number of amides is 2. The molecule has 0 bridgehead atoms. The largest absolute Gasteiger partial charge is 0.477 e. The van der Waals surface area contributed by atoms with Crippen LogP contribution in [0.1, 0.15) is 27.2 Å². The molecule has 12 atom stereocenters. The van der Waals surface area contributed by atoms with Crippen LogP contribution in [0.25, 0.3) is 0 Å². The lowest BCUT2D eigenvalue weighted by Gasteiger charge is -2.50. The molecule has 0 unspecified atom stereocenters. The average molecular weight is 627 g/mol. The molecule has 2 heterocycles. The highest BCUT2D eigenvalue weighted by molar-refractivity contribution is 6.76. The summed E-state index contributed by atoms with van der Waals surface area (Å²) in [6.45, 7) is 9.16. The molecular formula is C25H46N2O14Si. The minimum Gasteiger partial charge on any atom is -0.477 e. The van der Waals surface area contributed by atoms with Crippen molar-refractivity contribution in [3.05, 3.63) is 0 Å². The number of carboxylic acids is 1. The Kier molecular flexibility index (Phi) is 12.8. The van der Waals surface area contributed by atoms with Crippen molar-refractivity contribution in [3.8, 4) is 0 Å². The van der Waals surface area contributed by atoms with Crippen LogP contribution in [0.2, 0.25) is 25.7 Å². The first kappa shape index (κ1) is 36.4. The van der Waals surface area contributed by atoms with E-state index in [2.05, 4.69) is 30.3 Å². The fourth-order valence-corrected chi connectivity index (χ4v) is 5.66. The molecule has 0 aromatic rings. The molecule has 17 heteroatoms. The second-order valence-electron chi connectivity index (χ2n) is 12.1. The van der Waals surface area contributed by atoms with Gasteiger partial charge in [-0.1, -0.05) is 19.6 Å². The van der Waals surface area contributed by atoms with E-state index < -0.39 is 112 Å². The molecule has 0 aliphatic carbocycles. The molecule has 2 aliphatic rings. The number of hydrogen-bond donors (Lipinski definition) is 9. The molecule has 0 saturated carbocycles. The summed E-state index contributed by atoms with van der Waals surface area (Å²) in [5.41, 5.74) is 0. The van der Waals surface area contributed by atoms with Crippen LogP contribution in [-0.2, 0) is 33.3 Å². The molecule has 42 heavy (non-hydrogen) atoms. The zero-order valence-corrected chi connectivity index (χ0v) is 25.7. The zero-order chi connectivity index (χ0) is 32.2. The minimum absolute atomic E-state index is 0.195. The third kappa shape index (κ3) is 9.12. The number of carbonyl (C=O) groups is 3. The highest BCUT2D eigenvalue weighted by Gasteiger charge is 2.58. The Balaban J connectivity index is 2.42. The first-order valence-corrected chi connectivity index (χ1v) is 17.5. The van der Waals surface area contributed by atoms with Gasteiger partial charge in [-0.3, -0.25) is 9.59 Å². The van der Waals surface area contributed by atoms with Crippen LogP contribution in [0, 0.1) is 0 Å². The van der Waals surface area contributed by atoms with Gasteiger partial charge in [-0.2, -0.15) is 0 Å². The summed E-state index contributed by atoms with van der Waals surface area (Å²) in [7, 11) is -1.54. The van der Waals surface area contributed by atoms with Gasteiger partial charge in [0.2, 0.25) is 11.8 Å². The summed E-state index contributed by atoms with van der Waals surface area (Å²) in [5.74, 6) is -5.64. The van der Waals surface area contributed by atoms with Gasteiger partial charge in [0.15, 0.2) is 6.29 Å². The van der Waals surface area contributed by atoms with Gasteiger partial charge >= 0.3 is 5.97 Å². The second kappa shape index (κ2) is 14.8. The fourth-order valence-electron chi connectivity index (χ4n) is 4.93. The van der Waals surface area contributed by atoms with Crippen molar-refractivity contribution >= 4 is 25.9 Å². The molecule has 9 N–H and O–H groups in total. The molecular weight excluding hydrogens is 580 g/mol. The average Bonchev–Trinajstić information content (AvgIpc) is 2.87. The third-order valence-electron chi connectivity index (χ3n) is 7.18. The van der Waals surface area contributed by atoms with E-state index in [4.69, 9.17) is 18.9 Å². The molecule has 0 radical (unpaired) electrons. The van der Waals surface area contributed by atoms with Gasteiger partial charge < -0.3 is 65.3 Å². The van der Waals surface area contributed by atoms with Crippen molar-refractivity contribution in [1.82, 2.24) is 10.6 Å². The van der Waals surface area contributed by atoms with Crippen LogP contribution in [0.4, 0.5) is 0 Å². The Morgan fingerprint density at radius 3 is 2.10 bits per heavy atom. The number of aliphatic carboxylic acids is 1. The molecule has 2 rings (SSSR count). The summed E-state index contributed by atoms with van der Waals surface area (Å²) in [5, 5.41) is 77.2. The maximum absolute atomic E-state index is 12.7. The SMILES string of the molecule is CC(=O)N[C@H]1[C@H]([C@H](O)[C@H](O)CO)O[C@@](O[C@H](C)[C@H]2O[C@@H](OCC[Si](C)(C)C)[C@H](O)[C@@H](O)[C@H]2O)(C(=O)O)C[C@@H]1NC(C)=O. The lowest BCUT2D eigenvalue weighted by molar-refractivity contribution is -0.348. The van der Waals surface area contributed by atoms with Gasteiger partial charge in [0.25, 0.3) is 5.79 Å². The number of rotatable bonds is 13. The van der Waals surface area contributed by atoms with Crippen LogP contribution < -0.4 is 10.6 Å². The van der Waals surface area contributed by atoms with E-state index in [1.165, 1.54) is 6.92 Å². The Hall–Kier alpha value is -1.77. The fraction of sp³-hybridized carbons (Fsp3) is 0.880. The molecule has 2 fully saturated rings. The van der Waals surface area contributed by atoms with Crippen molar-refractivity contribution in [2.24, 2.45) is 0 Å². The number of nitrogens with one attached hydrogen (secondary N) is 2. The van der Waals surface area contributed by atoms with E-state index in [1.807, 2.05) is 0 Å². The minimum atomic E-state index is -2.67. The highest BCUT2D eigenvalue weighted by atomic mass is 28.3. The lowest BCUT2D eigenvalue weighted by atomic mass is 9.86. The normalized spacial score (nSPS) is 36.0. The number of carboxylic acid groups (broad SMARTS) is 1. The summed E-state index contributed by atoms with van der Waals surface area (Å²) in [4.78, 5) is 36.7. The topological polar surface area (TPSA) is 254 Å². The van der Waals surface area contributed by atoms with E-state index in [1.54, 1.807) is 0 Å². The van der Waals surface area contributed by atoms with Gasteiger partial charge in [0, 0.05) is 34.9 Å². The van der Waals surface area contributed by atoms with Gasteiger partial charge in [0.1, 0.15) is 42.7 Å². The van der Waals surface area contributed by atoms with Crippen LogP contribution in [0.15, 0.2) is 0 Å². The predicted molar refractivity (Wildman–Crippen MR) is 145 cm³/mol. The Bertz CT molecular complexity index is 937. The Labute approximate surface area is 244 Å². The molecule has 0 spiro atoms. The van der Waals surface area contributed by atoms with Gasteiger partial charge in [-0.25, -0.2) is 4.79 Å². The molecule has 2 aliphatic heterocycles. The van der Waals surface area contributed by atoms with Gasteiger partial charge in [0.05, 0.1) is 24.8 Å². The van der Waals surface area contributed by atoms with Crippen LogP contribution in [0.5, 0.6) is 0 Å². The first-order valence-electron chi connectivity index (χ1n) is 13.7. The molecule has 0 aromatic heterocycles. The van der Waals surface area contributed by atoms with Crippen LogP contribution in [-0.4, -0.2) is 148 Å². The van der Waals surface area contributed by atoms with E-state index >= 15 is 0 Å². The number of aliphatic hydroxyl groups is 6. The Morgan fingerprint density at radius 2 is 1.60 bits per heavy atom. The van der Waals surface area contributed by atoms with Crippen LogP contribution in [0.3, 0.4) is 0 Å². The molecule has 244 valence electrons. The van der Waals surface area contributed by atoms with Gasteiger partial charge in [-0.15, -0.1) is 0 Å². The highest BCUT2D eigenvalue weighted by Crippen LogP contribution is 2.36. The standard InChI is InChI=1S/C25H46N2O14Si/c1-11(21-19(34)18(33)20(35)23(39-21)38-7-8-42(4,5)6)40-25(24(36)37)9-14(26-12(2)29)16(27-13(3)30)22(41-25)17(32)15(31)10-28/h11,14-23,28,31-35H,7-10H2,1-6H3,(H,26,29)(H,27,30)(H,36,37)/t11-,14+,15-,16-,17-,18+,19-,20-,21-,22-,23-,25-/m1/s1. The Morgan fingerprint density at radius 1 is 1.00 bits per heavy atom.